The molecular formula is C5H7F2NO. The highest BCUT2D eigenvalue weighted by Gasteiger charge is 2.68. The third-order valence-corrected chi connectivity index (χ3v) is 1.72. The van der Waals surface area contributed by atoms with Gasteiger partial charge in [-0.3, -0.25) is 4.79 Å². The quantitative estimate of drug-likeness (QED) is 0.554. The molecule has 52 valence electrons. The van der Waals surface area contributed by atoms with Gasteiger partial charge in [0, 0.05) is 5.92 Å². The van der Waals surface area contributed by atoms with Crippen LogP contribution in [0.5, 0.6) is 0 Å². The van der Waals surface area contributed by atoms with Gasteiger partial charge in [0.15, 0.2) is 0 Å². The van der Waals surface area contributed by atoms with E-state index in [4.69, 9.17) is 0 Å². The minimum Gasteiger partial charge on any atom is -0.369 e. The Kier molecular flexibility index (Phi) is 1.03. The smallest absolute Gasteiger partial charge is 0.263 e. The second kappa shape index (κ2) is 1.43. The number of amides is 1. The summed E-state index contributed by atoms with van der Waals surface area (Å²) in [6.45, 7) is 1.31. The van der Waals surface area contributed by atoms with Gasteiger partial charge >= 0.3 is 0 Å². The van der Waals surface area contributed by atoms with Gasteiger partial charge in [-0.1, -0.05) is 6.92 Å². The number of alkyl halides is 2. The Morgan fingerprint density at radius 1 is 1.67 bits per heavy atom. The zero-order valence-corrected chi connectivity index (χ0v) is 4.90. The Morgan fingerprint density at radius 2 is 2.00 bits per heavy atom. The summed E-state index contributed by atoms with van der Waals surface area (Å²) in [6, 6.07) is 0. The molecule has 0 bridgehead atoms. The average Bonchev–Trinajstić information content (AvgIpc) is 2.07. The van der Waals surface area contributed by atoms with E-state index in [1.165, 1.54) is 6.92 Å². The monoisotopic (exact) mass is 135 g/mol. The molecule has 2 N–H and O–H groups in total. The van der Waals surface area contributed by atoms with Crippen molar-refractivity contribution in [3.8, 4) is 0 Å². The minimum absolute atomic E-state index is 0.852. The molecule has 0 radical (unpaired) electrons. The summed E-state index contributed by atoms with van der Waals surface area (Å²) in [4.78, 5) is 10.1. The summed E-state index contributed by atoms with van der Waals surface area (Å²) in [6.07, 6.45) is 0. The largest absolute Gasteiger partial charge is 0.369 e. The van der Waals surface area contributed by atoms with E-state index in [0.717, 1.165) is 0 Å². The number of hydrogen-bond donors (Lipinski definition) is 1. The van der Waals surface area contributed by atoms with E-state index in [0.29, 0.717) is 0 Å². The van der Waals surface area contributed by atoms with Crippen LogP contribution < -0.4 is 5.73 Å². The second-order valence-electron chi connectivity index (χ2n) is 2.34. The highest BCUT2D eigenvalue weighted by Crippen LogP contribution is 2.54. The van der Waals surface area contributed by atoms with Crippen LogP contribution in [0.4, 0.5) is 8.78 Å². The first-order valence-corrected chi connectivity index (χ1v) is 2.65. The van der Waals surface area contributed by atoms with E-state index in [1.54, 1.807) is 0 Å². The van der Waals surface area contributed by atoms with Crippen LogP contribution in [0.2, 0.25) is 0 Å². The molecule has 0 aromatic rings. The Morgan fingerprint density at radius 3 is 2.00 bits per heavy atom. The summed E-state index contributed by atoms with van der Waals surface area (Å²) in [5.74, 6) is -5.79. The lowest BCUT2D eigenvalue weighted by atomic mass is 10.3. The molecule has 1 amide bonds. The molecule has 1 aliphatic rings. The standard InChI is InChI=1S/C5H7F2NO/c1-2-3(4(8)9)5(2,6)7/h2-3H,1H3,(H2,8,9). The van der Waals surface area contributed by atoms with Gasteiger partial charge in [0.05, 0.1) is 0 Å². The van der Waals surface area contributed by atoms with Crippen LogP contribution in [-0.4, -0.2) is 11.8 Å². The van der Waals surface area contributed by atoms with Gasteiger partial charge in [-0.2, -0.15) is 0 Å². The summed E-state index contributed by atoms with van der Waals surface area (Å²) < 4.78 is 24.3. The molecule has 1 fully saturated rings. The maximum atomic E-state index is 12.1. The number of hydrogen-bond acceptors (Lipinski definition) is 1. The third-order valence-electron chi connectivity index (χ3n) is 1.72. The van der Waals surface area contributed by atoms with Gasteiger partial charge in [0.2, 0.25) is 5.91 Å². The Labute approximate surface area is 51.0 Å². The fourth-order valence-corrected chi connectivity index (χ4v) is 0.916. The van der Waals surface area contributed by atoms with Gasteiger partial charge in [-0.05, 0) is 0 Å². The van der Waals surface area contributed by atoms with E-state index in [9.17, 15) is 13.6 Å². The molecule has 4 heteroatoms. The highest BCUT2D eigenvalue weighted by atomic mass is 19.3. The first kappa shape index (κ1) is 6.45. The fraction of sp³-hybridized carbons (Fsp3) is 0.800. The molecule has 2 atom stereocenters. The van der Waals surface area contributed by atoms with Crippen LogP contribution in [0.25, 0.3) is 0 Å². The van der Waals surface area contributed by atoms with Crippen LogP contribution in [0.1, 0.15) is 6.92 Å². The lowest BCUT2D eigenvalue weighted by Crippen LogP contribution is -2.17. The molecule has 0 aromatic carbocycles. The Hall–Kier alpha value is -0.670. The summed E-state index contributed by atoms with van der Waals surface area (Å²) in [5, 5.41) is 0. The van der Waals surface area contributed by atoms with Gasteiger partial charge in [0.1, 0.15) is 5.92 Å². The molecule has 0 heterocycles. The molecule has 0 aliphatic heterocycles. The summed E-state index contributed by atoms with van der Waals surface area (Å²) in [5.41, 5.74) is 4.64. The molecule has 9 heavy (non-hydrogen) atoms. The molecule has 1 rings (SSSR count). The average molecular weight is 135 g/mol. The number of primary amides is 1. The summed E-state index contributed by atoms with van der Waals surface area (Å²) >= 11 is 0. The lowest BCUT2D eigenvalue weighted by Gasteiger charge is -1.87. The highest BCUT2D eigenvalue weighted by molar-refractivity contribution is 5.81. The van der Waals surface area contributed by atoms with Crippen molar-refractivity contribution in [3.63, 3.8) is 0 Å². The Bertz CT molecular complexity index is 157. The minimum atomic E-state index is -2.83. The second-order valence-corrected chi connectivity index (χ2v) is 2.34. The van der Waals surface area contributed by atoms with Crippen molar-refractivity contribution in [3.05, 3.63) is 0 Å². The van der Waals surface area contributed by atoms with E-state index < -0.39 is 23.7 Å². The third kappa shape index (κ3) is 0.693. The number of nitrogens with two attached hydrogens (primary N) is 1. The molecule has 0 saturated heterocycles. The van der Waals surface area contributed by atoms with Crippen molar-refractivity contribution in [2.24, 2.45) is 17.6 Å². The molecule has 1 aliphatic carbocycles. The predicted octanol–water partition coefficient (Wildman–Crippen LogP) is 0.373. The molecule has 2 unspecified atom stereocenters. The molecular weight excluding hydrogens is 128 g/mol. The number of halogens is 2. The van der Waals surface area contributed by atoms with Crippen molar-refractivity contribution >= 4 is 5.91 Å². The van der Waals surface area contributed by atoms with E-state index >= 15 is 0 Å². The van der Waals surface area contributed by atoms with Gasteiger partial charge in [-0.15, -0.1) is 0 Å². The molecule has 0 aromatic heterocycles. The van der Waals surface area contributed by atoms with Crippen molar-refractivity contribution in [1.29, 1.82) is 0 Å². The van der Waals surface area contributed by atoms with Crippen LogP contribution in [0.3, 0.4) is 0 Å². The van der Waals surface area contributed by atoms with Gasteiger partial charge in [-0.25, -0.2) is 8.78 Å². The predicted molar refractivity (Wildman–Crippen MR) is 26.8 cm³/mol. The molecule has 1 saturated carbocycles. The number of rotatable bonds is 1. The maximum Gasteiger partial charge on any atom is 0.263 e. The molecule has 0 spiro atoms. The normalized spacial score (nSPS) is 38.1. The van der Waals surface area contributed by atoms with Crippen molar-refractivity contribution in [2.75, 3.05) is 0 Å². The first-order valence-electron chi connectivity index (χ1n) is 2.65. The van der Waals surface area contributed by atoms with Crippen molar-refractivity contribution < 1.29 is 13.6 Å². The SMILES string of the molecule is CC1C(C(N)=O)C1(F)F. The van der Waals surface area contributed by atoms with Gasteiger partial charge in [0.25, 0.3) is 5.92 Å². The fourth-order valence-electron chi connectivity index (χ4n) is 0.916. The summed E-state index contributed by atoms with van der Waals surface area (Å²) in [7, 11) is 0. The van der Waals surface area contributed by atoms with E-state index in [2.05, 4.69) is 5.73 Å². The number of carbonyl (C=O) groups is 1. The Balaban J connectivity index is 2.62. The zero-order chi connectivity index (χ0) is 7.23. The zero-order valence-electron chi connectivity index (χ0n) is 4.90. The maximum absolute atomic E-state index is 12.1. The first-order chi connectivity index (χ1) is 3.98. The van der Waals surface area contributed by atoms with Gasteiger partial charge < -0.3 is 5.73 Å². The van der Waals surface area contributed by atoms with Crippen LogP contribution in [0, 0.1) is 11.8 Å². The van der Waals surface area contributed by atoms with Crippen LogP contribution in [0.15, 0.2) is 0 Å². The van der Waals surface area contributed by atoms with E-state index in [-0.39, 0.29) is 0 Å². The van der Waals surface area contributed by atoms with E-state index in [1.807, 2.05) is 0 Å². The van der Waals surface area contributed by atoms with Crippen LogP contribution >= 0.6 is 0 Å². The molecule has 2 nitrogen and oxygen atoms in total. The van der Waals surface area contributed by atoms with Crippen LogP contribution in [-0.2, 0) is 4.79 Å². The lowest BCUT2D eigenvalue weighted by molar-refractivity contribution is -0.121. The number of carbonyl (C=O) groups excluding carboxylic acids is 1. The van der Waals surface area contributed by atoms with Crippen molar-refractivity contribution in [2.45, 2.75) is 12.8 Å². The van der Waals surface area contributed by atoms with Crippen molar-refractivity contribution in [1.82, 2.24) is 0 Å². The topological polar surface area (TPSA) is 43.1 Å².